The lowest BCUT2D eigenvalue weighted by Crippen LogP contribution is -1.95. The molecule has 3 N–H and O–H groups in total. The first kappa shape index (κ1) is 13.8. The summed E-state index contributed by atoms with van der Waals surface area (Å²) < 4.78 is 5.57. The van der Waals surface area contributed by atoms with Crippen LogP contribution in [-0.4, -0.2) is 16.6 Å². The molecule has 0 aliphatic carbocycles. The molecule has 0 fully saturated rings. The van der Waals surface area contributed by atoms with Crippen LogP contribution in [0.3, 0.4) is 0 Å². The van der Waals surface area contributed by atoms with Crippen molar-refractivity contribution in [2.45, 2.75) is 6.42 Å². The number of nitrogens with zero attached hydrogens (tertiary/aromatic N) is 1. The second-order valence-electron chi connectivity index (χ2n) is 4.20. The molecule has 6 heteroatoms. The Kier molecular flexibility index (Phi) is 4.17. The maximum Gasteiger partial charge on any atom is 0.271 e. The standard InChI is InChI=1S/C14H14N2O4/c15-13-9-11(16(18)19)3-6-14(13)20-12-4-1-10(2-5-12)7-8-17/h1-6,9,17H,7-8,15H2. The van der Waals surface area contributed by atoms with Crippen molar-refractivity contribution in [1.29, 1.82) is 0 Å². The second-order valence-corrected chi connectivity index (χ2v) is 4.20. The molecule has 0 saturated heterocycles. The molecule has 0 bridgehead atoms. The molecule has 0 aliphatic rings. The van der Waals surface area contributed by atoms with Crippen molar-refractivity contribution in [3.05, 3.63) is 58.1 Å². The molecule has 2 aromatic rings. The summed E-state index contributed by atoms with van der Waals surface area (Å²) in [7, 11) is 0. The molecule has 0 spiro atoms. The fourth-order valence-corrected chi connectivity index (χ4v) is 1.72. The van der Waals surface area contributed by atoms with Crippen LogP contribution in [0, 0.1) is 10.1 Å². The average Bonchev–Trinajstić information content (AvgIpc) is 2.43. The minimum atomic E-state index is -0.510. The highest BCUT2D eigenvalue weighted by molar-refractivity contribution is 5.59. The van der Waals surface area contributed by atoms with Crippen LogP contribution < -0.4 is 10.5 Å². The van der Waals surface area contributed by atoms with E-state index in [-0.39, 0.29) is 18.0 Å². The fraction of sp³-hybridized carbons (Fsp3) is 0.143. The van der Waals surface area contributed by atoms with Gasteiger partial charge in [0.1, 0.15) is 5.75 Å². The van der Waals surface area contributed by atoms with Gasteiger partial charge in [-0.1, -0.05) is 12.1 Å². The topological polar surface area (TPSA) is 98.6 Å². The third-order valence-electron chi connectivity index (χ3n) is 2.76. The van der Waals surface area contributed by atoms with E-state index in [1.807, 2.05) is 12.1 Å². The van der Waals surface area contributed by atoms with Gasteiger partial charge in [0.2, 0.25) is 0 Å². The van der Waals surface area contributed by atoms with Gasteiger partial charge < -0.3 is 15.6 Å². The highest BCUT2D eigenvalue weighted by atomic mass is 16.6. The van der Waals surface area contributed by atoms with Crippen LogP contribution >= 0.6 is 0 Å². The number of non-ortho nitro benzene ring substituents is 1. The fourth-order valence-electron chi connectivity index (χ4n) is 1.72. The van der Waals surface area contributed by atoms with Crippen molar-refractivity contribution < 1.29 is 14.8 Å². The molecule has 6 nitrogen and oxygen atoms in total. The minimum absolute atomic E-state index is 0.0758. The molecule has 2 rings (SSSR count). The van der Waals surface area contributed by atoms with Gasteiger partial charge in [-0.2, -0.15) is 0 Å². The highest BCUT2D eigenvalue weighted by Crippen LogP contribution is 2.30. The van der Waals surface area contributed by atoms with Crippen LogP contribution in [0.5, 0.6) is 11.5 Å². The highest BCUT2D eigenvalue weighted by Gasteiger charge is 2.10. The molecule has 104 valence electrons. The summed E-state index contributed by atoms with van der Waals surface area (Å²) in [6.45, 7) is 0.0928. The monoisotopic (exact) mass is 274 g/mol. The molecule has 0 amide bonds. The second kappa shape index (κ2) is 6.03. The quantitative estimate of drug-likeness (QED) is 0.496. The number of aliphatic hydroxyl groups excluding tert-OH is 1. The van der Waals surface area contributed by atoms with E-state index in [1.165, 1.54) is 18.2 Å². The van der Waals surface area contributed by atoms with Crippen molar-refractivity contribution in [2.75, 3.05) is 12.3 Å². The summed E-state index contributed by atoms with van der Waals surface area (Å²) in [5, 5.41) is 19.4. The van der Waals surface area contributed by atoms with Crippen LogP contribution in [0.15, 0.2) is 42.5 Å². The number of nitro benzene ring substituents is 1. The van der Waals surface area contributed by atoms with E-state index in [1.54, 1.807) is 12.1 Å². The van der Waals surface area contributed by atoms with E-state index >= 15 is 0 Å². The summed E-state index contributed by atoms with van der Waals surface area (Å²) >= 11 is 0. The molecule has 2 aromatic carbocycles. The zero-order chi connectivity index (χ0) is 14.5. The number of benzene rings is 2. The van der Waals surface area contributed by atoms with Crippen LogP contribution in [0.25, 0.3) is 0 Å². The van der Waals surface area contributed by atoms with E-state index < -0.39 is 4.92 Å². The first-order valence-corrected chi connectivity index (χ1v) is 6.01. The molecule has 0 aromatic heterocycles. The van der Waals surface area contributed by atoms with E-state index in [9.17, 15) is 10.1 Å². The van der Waals surface area contributed by atoms with E-state index in [0.29, 0.717) is 17.9 Å². The van der Waals surface area contributed by atoms with Gasteiger partial charge in [0.15, 0.2) is 5.75 Å². The molecule has 20 heavy (non-hydrogen) atoms. The van der Waals surface area contributed by atoms with Crippen molar-refractivity contribution in [3.8, 4) is 11.5 Å². The summed E-state index contributed by atoms with van der Waals surface area (Å²) in [6, 6.07) is 11.3. The van der Waals surface area contributed by atoms with Gasteiger partial charge in [-0.25, -0.2) is 0 Å². The number of nitrogens with two attached hydrogens (primary N) is 1. The molecule has 0 unspecified atom stereocenters. The molecular weight excluding hydrogens is 260 g/mol. The Morgan fingerprint density at radius 2 is 1.90 bits per heavy atom. The van der Waals surface area contributed by atoms with E-state index in [0.717, 1.165) is 5.56 Å². The van der Waals surface area contributed by atoms with Crippen LogP contribution in [0.2, 0.25) is 0 Å². The summed E-state index contributed by atoms with van der Waals surface area (Å²) in [5.74, 6) is 0.942. The lowest BCUT2D eigenvalue weighted by atomic mass is 10.1. The van der Waals surface area contributed by atoms with Gasteiger partial charge in [-0.3, -0.25) is 10.1 Å². The lowest BCUT2D eigenvalue weighted by molar-refractivity contribution is -0.384. The number of anilines is 1. The average molecular weight is 274 g/mol. The Bertz CT molecular complexity index is 611. The van der Waals surface area contributed by atoms with E-state index in [2.05, 4.69) is 0 Å². The SMILES string of the molecule is Nc1cc([N+](=O)[O-])ccc1Oc1ccc(CCO)cc1. The van der Waals surface area contributed by atoms with Crippen molar-refractivity contribution in [3.63, 3.8) is 0 Å². The number of hydrogen-bond acceptors (Lipinski definition) is 5. The number of hydrogen-bond donors (Lipinski definition) is 2. The number of ether oxygens (including phenoxy) is 1. The van der Waals surface area contributed by atoms with Crippen molar-refractivity contribution >= 4 is 11.4 Å². The number of nitro groups is 1. The first-order chi connectivity index (χ1) is 9.60. The van der Waals surface area contributed by atoms with E-state index in [4.69, 9.17) is 15.6 Å². The van der Waals surface area contributed by atoms with Gasteiger partial charge in [0.05, 0.1) is 10.6 Å². The smallest absolute Gasteiger partial charge is 0.271 e. The van der Waals surface area contributed by atoms with Gasteiger partial charge in [-0.05, 0) is 30.2 Å². The first-order valence-electron chi connectivity index (χ1n) is 6.01. The lowest BCUT2D eigenvalue weighted by Gasteiger charge is -2.08. The Hall–Kier alpha value is -2.60. The largest absolute Gasteiger partial charge is 0.455 e. The Morgan fingerprint density at radius 1 is 1.20 bits per heavy atom. The van der Waals surface area contributed by atoms with Gasteiger partial charge >= 0.3 is 0 Å². The number of rotatable bonds is 5. The Morgan fingerprint density at radius 3 is 2.45 bits per heavy atom. The molecular formula is C14H14N2O4. The van der Waals surface area contributed by atoms with Crippen LogP contribution in [0.1, 0.15) is 5.56 Å². The molecule has 0 saturated carbocycles. The number of aliphatic hydroxyl groups is 1. The molecule has 0 aliphatic heterocycles. The maximum atomic E-state index is 10.6. The normalized spacial score (nSPS) is 10.2. The van der Waals surface area contributed by atoms with Crippen molar-refractivity contribution in [1.82, 2.24) is 0 Å². The predicted octanol–water partition coefficient (Wildman–Crippen LogP) is 2.50. The molecule has 0 heterocycles. The summed E-state index contributed by atoms with van der Waals surface area (Å²) in [6.07, 6.45) is 0.583. The zero-order valence-corrected chi connectivity index (χ0v) is 10.7. The number of nitrogen functional groups attached to an aromatic ring is 1. The van der Waals surface area contributed by atoms with Gasteiger partial charge in [0.25, 0.3) is 5.69 Å². The van der Waals surface area contributed by atoms with Crippen LogP contribution in [-0.2, 0) is 6.42 Å². The third-order valence-corrected chi connectivity index (χ3v) is 2.76. The third kappa shape index (κ3) is 3.24. The minimum Gasteiger partial charge on any atom is -0.455 e. The van der Waals surface area contributed by atoms with Gasteiger partial charge in [-0.15, -0.1) is 0 Å². The summed E-state index contributed by atoms with van der Waals surface area (Å²) in [4.78, 5) is 10.1. The Balaban J connectivity index is 2.15. The maximum absolute atomic E-state index is 10.6. The Labute approximate surface area is 115 Å². The van der Waals surface area contributed by atoms with Crippen molar-refractivity contribution in [2.24, 2.45) is 0 Å². The molecule has 0 radical (unpaired) electrons. The predicted molar refractivity (Wildman–Crippen MR) is 74.8 cm³/mol. The summed E-state index contributed by atoms with van der Waals surface area (Å²) in [5.41, 5.74) is 6.85. The van der Waals surface area contributed by atoms with Gasteiger partial charge in [0, 0.05) is 18.7 Å². The zero-order valence-electron chi connectivity index (χ0n) is 10.7. The molecule has 0 atom stereocenters. The van der Waals surface area contributed by atoms with Crippen LogP contribution in [0.4, 0.5) is 11.4 Å².